The summed E-state index contributed by atoms with van der Waals surface area (Å²) in [5, 5.41) is 0. The van der Waals surface area contributed by atoms with Gasteiger partial charge in [0.2, 0.25) is 0 Å². The third-order valence-electron chi connectivity index (χ3n) is 4.64. The molecule has 4 nitrogen and oxygen atoms in total. The predicted octanol–water partition coefficient (Wildman–Crippen LogP) is 5.76. The van der Waals surface area contributed by atoms with Gasteiger partial charge in [-0.2, -0.15) is 0 Å². The molecule has 0 aliphatic heterocycles. The fraction of sp³-hybridized carbons (Fsp3) is 0.0769. The molecular formula is C26H22N4. The third kappa shape index (κ3) is 5.79. The topological polar surface area (TPSA) is 50.5 Å². The van der Waals surface area contributed by atoms with Crippen molar-refractivity contribution in [3.63, 3.8) is 0 Å². The second kappa shape index (κ2) is 10.0. The molecule has 0 radical (unpaired) electrons. The number of aryl methyl sites for hydroxylation is 2. The normalized spacial score (nSPS) is 11.3. The molecule has 4 aromatic rings. The second-order valence-electron chi connectivity index (χ2n) is 6.86. The third-order valence-corrected chi connectivity index (χ3v) is 4.64. The standard InChI is InChI=1S/C26H22N4/c1-3-17-27-25(5-1)19-29-23-13-9-21(10-14-23)7-8-22-11-15-24(16-12-22)30-20-26-6-2-4-18-28-26/h1-6,9-20H,7-8H2. The highest BCUT2D eigenvalue weighted by Gasteiger charge is 1.98. The summed E-state index contributed by atoms with van der Waals surface area (Å²) < 4.78 is 0. The van der Waals surface area contributed by atoms with Crippen LogP contribution in [0.15, 0.2) is 107 Å². The number of rotatable bonds is 7. The molecule has 0 aliphatic rings. The lowest BCUT2D eigenvalue weighted by Gasteiger charge is -2.04. The molecule has 0 bridgehead atoms. The molecule has 2 heterocycles. The van der Waals surface area contributed by atoms with E-state index in [4.69, 9.17) is 0 Å². The van der Waals surface area contributed by atoms with Gasteiger partial charge in [0, 0.05) is 12.4 Å². The maximum absolute atomic E-state index is 4.48. The van der Waals surface area contributed by atoms with Crippen molar-refractivity contribution in [3.8, 4) is 0 Å². The van der Waals surface area contributed by atoms with Crippen LogP contribution in [0.3, 0.4) is 0 Å². The summed E-state index contributed by atoms with van der Waals surface area (Å²) in [5.41, 5.74) is 6.16. The van der Waals surface area contributed by atoms with E-state index >= 15 is 0 Å². The number of hydrogen-bond acceptors (Lipinski definition) is 4. The zero-order valence-corrected chi connectivity index (χ0v) is 16.6. The average molecular weight is 390 g/mol. The summed E-state index contributed by atoms with van der Waals surface area (Å²) in [6.07, 6.45) is 9.08. The van der Waals surface area contributed by atoms with Crippen LogP contribution in [0.25, 0.3) is 0 Å². The zero-order chi connectivity index (χ0) is 20.4. The molecule has 0 fully saturated rings. The molecule has 0 unspecified atom stereocenters. The second-order valence-corrected chi connectivity index (χ2v) is 6.86. The van der Waals surface area contributed by atoms with E-state index in [2.05, 4.69) is 44.2 Å². The van der Waals surface area contributed by atoms with Crippen LogP contribution < -0.4 is 0 Å². The monoisotopic (exact) mass is 390 g/mol. The summed E-state index contributed by atoms with van der Waals surface area (Å²) in [4.78, 5) is 17.5. The summed E-state index contributed by atoms with van der Waals surface area (Å²) in [6, 6.07) is 28.3. The van der Waals surface area contributed by atoms with Crippen LogP contribution in [0.1, 0.15) is 22.5 Å². The first-order chi connectivity index (χ1) is 14.8. The Kier molecular flexibility index (Phi) is 6.48. The maximum Gasteiger partial charge on any atom is 0.0812 e. The molecule has 2 aromatic heterocycles. The van der Waals surface area contributed by atoms with E-state index in [0.29, 0.717) is 0 Å². The SMILES string of the molecule is C(=Nc1ccc(CCc2ccc(N=Cc3ccccn3)cc2)cc1)c1ccccn1. The lowest BCUT2D eigenvalue weighted by molar-refractivity contribution is 0.960. The number of aliphatic imine (C=N–C) groups is 2. The van der Waals surface area contributed by atoms with Gasteiger partial charge >= 0.3 is 0 Å². The minimum Gasteiger partial charge on any atom is -0.255 e. The van der Waals surface area contributed by atoms with Gasteiger partial charge in [0.05, 0.1) is 35.2 Å². The van der Waals surface area contributed by atoms with Crippen molar-refractivity contribution in [2.75, 3.05) is 0 Å². The van der Waals surface area contributed by atoms with E-state index in [1.165, 1.54) is 11.1 Å². The van der Waals surface area contributed by atoms with Crippen LogP contribution in [-0.2, 0) is 12.8 Å². The van der Waals surface area contributed by atoms with Crippen molar-refractivity contribution in [2.24, 2.45) is 9.98 Å². The molecule has 0 saturated heterocycles. The van der Waals surface area contributed by atoms with E-state index < -0.39 is 0 Å². The number of benzene rings is 2. The van der Waals surface area contributed by atoms with Crippen LogP contribution in [0.2, 0.25) is 0 Å². The van der Waals surface area contributed by atoms with Crippen molar-refractivity contribution in [2.45, 2.75) is 12.8 Å². The first kappa shape index (κ1) is 19.4. The largest absolute Gasteiger partial charge is 0.255 e. The van der Waals surface area contributed by atoms with Gasteiger partial charge < -0.3 is 0 Å². The molecule has 0 N–H and O–H groups in total. The minimum absolute atomic E-state index is 0.856. The van der Waals surface area contributed by atoms with Crippen molar-refractivity contribution < 1.29 is 0 Å². The highest BCUT2D eigenvalue weighted by atomic mass is 14.8. The highest BCUT2D eigenvalue weighted by molar-refractivity contribution is 5.79. The molecule has 0 aliphatic carbocycles. The molecule has 0 saturated carbocycles. The van der Waals surface area contributed by atoms with E-state index in [1.807, 2.05) is 60.7 Å². The van der Waals surface area contributed by atoms with Gasteiger partial charge in [0.1, 0.15) is 0 Å². The fourth-order valence-corrected chi connectivity index (χ4v) is 2.97. The van der Waals surface area contributed by atoms with E-state index in [1.54, 1.807) is 24.8 Å². The molecule has 2 aromatic carbocycles. The van der Waals surface area contributed by atoms with Gasteiger partial charge in [-0.15, -0.1) is 0 Å². The highest BCUT2D eigenvalue weighted by Crippen LogP contribution is 2.17. The quantitative estimate of drug-likeness (QED) is 0.377. The average Bonchev–Trinajstić information content (AvgIpc) is 2.83. The number of pyridine rings is 2. The van der Waals surface area contributed by atoms with Crippen molar-refractivity contribution in [3.05, 3.63) is 120 Å². The molecular weight excluding hydrogens is 368 g/mol. The summed E-state index contributed by atoms with van der Waals surface area (Å²) >= 11 is 0. The van der Waals surface area contributed by atoms with E-state index in [0.717, 1.165) is 35.6 Å². The van der Waals surface area contributed by atoms with Gasteiger partial charge in [-0.1, -0.05) is 36.4 Å². The van der Waals surface area contributed by atoms with Gasteiger partial charge in [-0.3, -0.25) is 20.0 Å². The predicted molar refractivity (Wildman–Crippen MR) is 123 cm³/mol. The van der Waals surface area contributed by atoms with E-state index in [-0.39, 0.29) is 0 Å². The molecule has 0 spiro atoms. The Morgan fingerprint density at radius 1 is 0.533 bits per heavy atom. The summed E-state index contributed by atoms with van der Waals surface area (Å²) in [7, 11) is 0. The Balaban J connectivity index is 1.30. The lowest BCUT2D eigenvalue weighted by atomic mass is 10.0. The van der Waals surface area contributed by atoms with Crippen molar-refractivity contribution in [1.29, 1.82) is 0 Å². The number of aromatic nitrogens is 2. The Bertz CT molecular complexity index is 1010. The molecule has 4 heteroatoms. The Morgan fingerprint density at radius 3 is 1.33 bits per heavy atom. The molecule has 0 amide bonds. The Hall–Kier alpha value is -3.92. The molecule has 0 atom stereocenters. The van der Waals surface area contributed by atoms with Crippen LogP contribution in [0.4, 0.5) is 11.4 Å². The first-order valence-corrected chi connectivity index (χ1v) is 9.93. The van der Waals surface area contributed by atoms with Crippen molar-refractivity contribution in [1.82, 2.24) is 9.97 Å². The first-order valence-electron chi connectivity index (χ1n) is 9.93. The summed E-state index contributed by atoms with van der Waals surface area (Å²) in [6.45, 7) is 0. The van der Waals surface area contributed by atoms with Gasteiger partial charge in [0.25, 0.3) is 0 Å². The smallest absolute Gasteiger partial charge is 0.0812 e. The van der Waals surface area contributed by atoms with Crippen LogP contribution in [0.5, 0.6) is 0 Å². The maximum atomic E-state index is 4.48. The number of hydrogen-bond donors (Lipinski definition) is 0. The van der Waals surface area contributed by atoms with Gasteiger partial charge in [0.15, 0.2) is 0 Å². The fourth-order valence-electron chi connectivity index (χ4n) is 2.97. The van der Waals surface area contributed by atoms with Gasteiger partial charge in [-0.25, -0.2) is 0 Å². The molecule has 4 rings (SSSR count). The Morgan fingerprint density at radius 2 is 0.967 bits per heavy atom. The zero-order valence-electron chi connectivity index (χ0n) is 16.6. The molecule has 146 valence electrons. The van der Waals surface area contributed by atoms with Crippen LogP contribution in [0, 0.1) is 0 Å². The molecule has 30 heavy (non-hydrogen) atoms. The summed E-state index contributed by atoms with van der Waals surface area (Å²) in [5.74, 6) is 0. The minimum atomic E-state index is 0.856. The van der Waals surface area contributed by atoms with Crippen molar-refractivity contribution >= 4 is 23.8 Å². The van der Waals surface area contributed by atoms with Gasteiger partial charge in [-0.05, 0) is 72.5 Å². The Labute approximate surface area is 176 Å². The van der Waals surface area contributed by atoms with Crippen LogP contribution >= 0.6 is 0 Å². The lowest BCUT2D eigenvalue weighted by Crippen LogP contribution is -1.91. The van der Waals surface area contributed by atoms with Crippen LogP contribution in [-0.4, -0.2) is 22.4 Å². The van der Waals surface area contributed by atoms with E-state index in [9.17, 15) is 0 Å². The number of nitrogens with zero attached hydrogens (tertiary/aromatic N) is 4.